The number of rotatable bonds is 1. The van der Waals surface area contributed by atoms with Crippen molar-refractivity contribution in [3.63, 3.8) is 0 Å². The summed E-state index contributed by atoms with van der Waals surface area (Å²) in [6.07, 6.45) is 1.67. The van der Waals surface area contributed by atoms with Gasteiger partial charge in [0.1, 0.15) is 17.9 Å². The van der Waals surface area contributed by atoms with Crippen LogP contribution in [-0.4, -0.2) is 9.97 Å². The maximum Gasteiger partial charge on any atom is 0.231 e. The Hall–Kier alpha value is -2.36. The second kappa shape index (κ2) is 3.59. The lowest BCUT2D eigenvalue weighted by Crippen LogP contribution is -1.96. The lowest BCUT2D eigenvalue weighted by atomic mass is 10.1. The highest BCUT2D eigenvalue weighted by atomic mass is 16.3. The van der Waals surface area contributed by atoms with Crippen LogP contribution in [0.25, 0.3) is 22.2 Å². The first-order valence-electron chi connectivity index (χ1n) is 5.32. The maximum absolute atomic E-state index is 5.93. The van der Waals surface area contributed by atoms with Gasteiger partial charge in [-0.15, -0.1) is 0 Å². The monoisotopic (exact) mass is 225 g/mol. The van der Waals surface area contributed by atoms with Crippen molar-refractivity contribution in [2.45, 2.75) is 6.92 Å². The number of anilines is 1. The number of nitrogens with two attached hydrogens (primary N) is 1. The number of nitrogens with zero attached hydrogens (tertiary/aromatic N) is 2. The number of furan rings is 1. The number of hydrogen-bond donors (Lipinski definition) is 1. The summed E-state index contributed by atoms with van der Waals surface area (Å²) in [5.74, 6) is 1.07. The first kappa shape index (κ1) is 9.84. The zero-order valence-electron chi connectivity index (χ0n) is 9.34. The van der Waals surface area contributed by atoms with Crippen molar-refractivity contribution in [1.82, 2.24) is 9.97 Å². The summed E-state index contributed by atoms with van der Waals surface area (Å²) in [5.41, 5.74) is 8.44. The molecule has 0 atom stereocenters. The van der Waals surface area contributed by atoms with E-state index >= 15 is 0 Å². The van der Waals surface area contributed by atoms with Gasteiger partial charge >= 0.3 is 0 Å². The average molecular weight is 225 g/mol. The van der Waals surface area contributed by atoms with E-state index in [4.69, 9.17) is 10.2 Å². The standard InChI is InChI=1S/C13H11N3O/c1-8-15-12(14)11-10(7-17-13(11)16-8)9-5-3-2-4-6-9/h2-7H,1H3,(H2,14,15,16). The molecule has 0 spiro atoms. The fourth-order valence-corrected chi connectivity index (χ4v) is 1.91. The first-order valence-corrected chi connectivity index (χ1v) is 5.32. The van der Waals surface area contributed by atoms with Gasteiger partial charge in [0.05, 0.1) is 5.39 Å². The van der Waals surface area contributed by atoms with Gasteiger partial charge in [0.2, 0.25) is 5.71 Å². The van der Waals surface area contributed by atoms with E-state index in [1.54, 1.807) is 13.2 Å². The Morgan fingerprint density at radius 2 is 1.88 bits per heavy atom. The topological polar surface area (TPSA) is 64.9 Å². The fraction of sp³-hybridized carbons (Fsp3) is 0.0769. The van der Waals surface area contributed by atoms with E-state index in [-0.39, 0.29) is 0 Å². The van der Waals surface area contributed by atoms with Crippen molar-refractivity contribution in [2.75, 3.05) is 5.73 Å². The molecule has 0 radical (unpaired) electrons. The predicted molar refractivity (Wildman–Crippen MR) is 66.4 cm³/mol. The van der Waals surface area contributed by atoms with E-state index in [1.165, 1.54) is 0 Å². The van der Waals surface area contributed by atoms with Gasteiger partial charge in [-0.25, -0.2) is 4.98 Å². The highest BCUT2D eigenvalue weighted by Crippen LogP contribution is 2.32. The Kier molecular flexibility index (Phi) is 2.08. The molecule has 0 aliphatic heterocycles. The molecule has 0 amide bonds. The first-order chi connectivity index (χ1) is 8.25. The minimum absolute atomic E-state index is 0.458. The van der Waals surface area contributed by atoms with Gasteiger partial charge < -0.3 is 10.2 Å². The lowest BCUT2D eigenvalue weighted by molar-refractivity contribution is 0.602. The minimum Gasteiger partial charge on any atom is -0.445 e. The molecule has 0 saturated carbocycles. The van der Waals surface area contributed by atoms with Crippen molar-refractivity contribution in [3.8, 4) is 11.1 Å². The number of aryl methyl sites for hydroxylation is 1. The molecule has 17 heavy (non-hydrogen) atoms. The molecule has 0 saturated heterocycles. The Balaban J connectivity index is 2.32. The summed E-state index contributed by atoms with van der Waals surface area (Å²) < 4.78 is 5.43. The van der Waals surface area contributed by atoms with Crippen LogP contribution in [-0.2, 0) is 0 Å². The summed E-state index contributed by atoms with van der Waals surface area (Å²) in [6.45, 7) is 1.79. The molecular weight excluding hydrogens is 214 g/mol. The van der Waals surface area contributed by atoms with E-state index in [1.807, 2.05) is 30.3 Å². The number of nitrogen functional groups attached to an aromatic ring is 1. The SMILES string of the molecule is Cc1nc(N)c2c(-c3ccccc3)coc2n1. The van der Waals surface area contributed by atoms with Gasteiger partial charge in [0, 0.05) is 5.56 Å². The van der Waals surface area contributed by atoms with Gasteiger partial charge in [-0.2, -0.15) is 4.98 Å². The smallest absolute Gasteiger partial charge is 0.231 e. The van der Waals surface area contributed by atoms with Crippen LogP contribution in [0.1, 0.15) is 5.82 Å². The second-order valence-corrected chi connectivity index (χ2v) is 3.85. The molecule has 0 fully saturated rings. The van der Waals surface area contributed by atoms with E-state index in [0.29, 0.717) is 17.4 Å². The van der Waals surface area contributed by atoms with Gasteiger partial charge in [-0.05, 0) is 12.5 Å². The molecule has 2 aromatic heterocycles. The molecule has 0 aliphatic rings. The Morgan fingerprint density at radius 3 is 2.65 bits per heavy atom. The van der Waals surface area contributed by atoms with Crippen molar-refractivity contribution in [3.05, 3.63) is 42.4 Å². The van der Waals surface area contributed by atoms with Gasteiger partial charge in [0.25, 0.3) is 0 Å². The van der Waals surface area contributed by atoms with Gasteiger partial charge in [0.15, 0.2) is 0 Å². The van der Waals surface area contributed by atoms with Crippen LogP contribution in [0.15, 0.2) is 41.0 Å². The summed E-state index contributed by atoms with van der Waals surface area (Å²) in [7, 11) is 0. The third kappa shape index (κ3) is 1.54. The van der Waals surface area contributed by atoms with Crippen molar-refractivity contribution in [2.24, 2.45) is 0 Å². The highest BCUT2D eigenvalue weighted by molar-refractivity contribution is 5.98. The molecule has 1 aromatic carbocycles. The van der Waals surface area contributed by atoms with Crippen LogP contribution in [0.2, 0.25) is 0 Å². The van der Waals surface area contributed by atoms with E-state index in [0.717, 1.165) is 16.5 Å². The Morgan fingerprint density at radius 1 is 1.12 bits per heavy atom. The molecule has 3 rings (SSSR count). The van der Waals surface area contributed by atoms with Crippen LogP contribution in [0.3, 0.4) is 0 Å². The molecular formula is C13H11N3O. The third-order valence-electron chi connectivity index (χ3n) is 2.66. The van der Waals surface area contributed by atoms with Crippen molar-refractivity contribution in [1.29, 1.82) is 0 Å². The summed E-state index contributed by atoms with van der Waals surface area (Å²) in [6, 6.07) is 9.92. The molecule has 0 aliphatic carbocycles. The normalized spacial score (nSPS) is 10.9. The fourth-order valence-electron chi connectivity index (χ4n) is 1.91. The minimum atomic E-state index is 0.458. The van der Waals surface area contributed by atoms with Crippen LogP contribution >= 0.6 is 0 Å². The van der Waals surface area contributed by atoms with E-state index < -0.39 is 0 Å². The summed E-state index contributed by atoms with van der Waals surface area (Å²) in [4.78, 5) is 8.39. The molecule has 2 N–H and O–H groups in total. The van der Waals surface area contributed by atoms with Crippen LogP contribution < -0.4 is 5.73 Å². The third-order valence-corrected chi connectivity index (χ3v) is 2.66. The van der Waals surface area contributed by atoms with Crippen LogP contribution in [0.4, 0.5) is 5.82 Å². The summed E-state index contributed by atoms with van der Waals surface area (Å²) >= 11 is 0. The van der Waals surface area contributed by atoms with Crippen molar-refractivity contribution >= 4 is 16.9 Å². The molecule has 0 bridgehead atoms. The molecule has 0 unspecified atom stereocenters. The van der Waals surface area contributed by atoms with Gasteiger partial charge in [-0.1, -0.05) is 30.3 Å². The molecule has 3 aromatic rings. The second-order valence-electron chi connectivity index (χ2n) is 3.85. The van der Waals surface area contributed by atoms with E-state index in [9.17, 15) is 0 Å². The Bertz CT molecular complexity index is 674. The lowest BCUT2D eigenvalue weighted by Gasteiger charge is -2.00. The molecule has 2 heterocycles. The van der Waals surface area contributed by atoms with Crippen LogP contribution in [0, 0.1) is 6.92 Å². The largest absolute Gasteiger partial charge is 0.445 e. The zero-order chi connectivity index (χ0) is 11.8. The predicted octanol–water partition coefficient (Wildman–Crippen LogP) is 2.78. The van der Waals surface area contributed by atoms with E-state index in [2.05, 4.69) is 9.97 Å². The number of aromatic nitrogens is 2. The van der Waals surface area contributed by atoms with Crippen molar-refractivity contribution < 1.29 is 4.42 Å². The summed E-state index contributed by atoms with van der Waals surface area (Å²) in [5, 5.41) is 0.779. The number of hydrogen-bond acceptors (Lipinski definition) is 4. The Labute approximate surface area is 98.1 Å². The van der Waals surface area contributed by atoms with Crippen LogP contribution in [0.5, 0.6) is 0 Å². The molecule has 4 nitrogen and oxygen atoms in total. The quantitative estimate of drug-likeness (QED) is 0.691. The highest BCUT2D eigenvalue weighted by Gasteiger charge is 2.13. The maximum atomic E-state index is 5.93. The van der Waals surface area contributed by atoms with Gasteiger partial charge in [-0.3, -0.25) is 0 Å². The number of fused-ring (bicyclic) bond motifs is 1. The number of benzene rings is 1. The average Bonchev–Trinajstić information content (AvgIpc) is 2.74. The molecule has 84 valence electrons. The zero-order valence-corrected chi connectivity index (χ0v) is 9.34. The molecule has 4 heteroatoms.